The monoisotopic (exact) mass is 343 g/mol. The van der Waals surface area contributed by atoms with Crippen LogP contribution in [0.1, 0.15) is 24.9 Å². The van der Waals surface area contributed by atoms with Crippen LogP contribution in [0.2, 0.25) is 0 Å². The quantitative estimate of drug-likeness (QED) is 0.587. The summed E-state index contributed by atoms with van der Waals surface area (Å²) in [5.41, 5.74) is 0.609. The molecule has 0 saturated heterocycles. The van der Waals surface area contributed by atoms with Gasteiger partial charge in [0.15, 0.2) is 0 Å². The molecule has 0 unspecified atom stereocenters. The Morgan fingerprint density at radius 3 is 2.76 bits per heavy atom. The summed E-state index contributed by atoms with van der Waals surface area (Å²) in [5, 5.41) is 2.77. The lowest BCUT2D eigenvalue weighted by atomic mass is 10.2. The van der Waals surface area contributed by atoms with Crippen molar-refractivity contribution in [1.29, 1.82) is 0 Å². The van der Waals surface area contributed by atoms with Crippen LogP contribution in [0, 0.1) is 0 Å². The molecule has 25 heavy (non-hydrogen) atoms. The van der Waals surface area contributed by atoms with E-state index in [1.807, 2.05) is 19.1 Å². The van der Waals surface area contributed by atoms with Crippen molar-refractivity contribution in [3.05, 3.63) is 54.0 Å². The van der Waals surface area contributed by atoms with E-state index in [1.54, 1.807) is 30.3 Å². The first-order valence-corrected chi connectivity index (χ1v) is 7.98. The van der Waals surface area contributed by atoms with Gasteiger partial charge in [0.05, 0.1) is 25.8 Å². The lowest BCUT2D eigenvalue weighted by molar-refractivity contribution is -0.140. The van der Waals surface area contributed by atoms with Gasteiger partial charge in [0.25, 0.3) is 0 Å². The second kappa shape index (κ2) is 9.32. The van der Waals surface area contributed by atoms with Crippen molar-refractivity contribution in [1.82, 2.24) is 0 Å². The number of methoxy groups -OCH3 is 1. The largest absolute Gasteiger partial charge is 0.492 e. The fourth-order valence-electron chi connectivity index (χ4n) is 2.13. The molecule has 0 fully saturated rings. The van der Waals surface area contributed by atoms with E-state index in [-0.39, 0.29) is 18.3 Å². The number of benzene rings is 1. The van der Waals surface area contributed by atoms with Gasteiger partial charge in [0, 0.05) is 12.5 Å². The van der Waals surface area contributed by atoms with Crippen LogP contribution in [0.15, 0.2) is 46.9 Å². The highest BCUT2D eigenvalue weighted by Gasteiger charge is 2.07. The molecule has 6 nitrogen and oxygen atoms in total. The van der Waals surface area contributed by atoms with Gasteiger partial charge in [-0.05, 0) is 37.3 Å². The molecule has 0 aliphatic rings. The zero-order valence-corrected chi connectivity index (χ0v) is 14.3. The van der Waals surface area contributed by atoms with Gasteiger partial charge in [0.2, 0.25) is 5.91 Å². The minimum atomic E-state index is -0.292. The molecule has 1 aromatic heterocycles. The third-order valence-electron chi connectivity index (χ3n) is 3.33. The zero-order chi connectivity index (χ0) is 18.1. The summed E-state index contributed by atoms with van der Waals surface area (Å²) in [7, 11) is 1.35. The van der Waals surface area contributed by atoms with E-state index < -0.39 is 0 Å². The summed E-state index contributed by atoms with van der Waals surface area (Å²) in [5.74, 6) is 1.23. The smallest absolute Gasteiger partial charge is 0.305 e. The van der Waals surface area contributed by atoms with E-state index in [9.17, 15) is 9.59 Å². The summed E-state index contributed by atoms with van der Waals surface area (Å²) >= 11 is 0. The molecular formula is C19H21NO5. The molecule has 1 N–H and O–H groups in total. The molecule has 0 aliphatic carbocycles. The first-order chi connectivity index (χ1) is 12.1. The number of para-hydroxylation sites is 2. The maximum atomic E-state index is 12.0. The molecule has 1 heterocycles. The number of hydrogen-bond donors (Lipinski definition) is 1. The lowest BCUT2D eigenvalue weighted by Crippen LogP contribution is -2.09. The van der Waals surface area contributed by atoms with E-state index in [4.69, 9.17) is 9.15 Å². The molecule has 0 atom stereocenters. The number of esters is 1. The first kappa shape index (κ1) is 18.3. The SMILES string of the molecule is CCOc1ccccc1NC(=O)/C=C/c1ccc(CCC(=O)OC)o1. The summed E-state index contributed by atoms with van der Waals surface area (Å²) in [6.45, 7) is 2.40. The number of aryl methyl sites for hydroxylation is 1. The summed E-state index contributed by atoms with van der Waals surface area (Å²) in [4.78, 5) is 23.2. The molecule has 0 saturated carbocycles. The van der Waals surface area contributed by atoms with E-state index in [2.05, 4.69) is 10.1 Å². The van der Waals surface area contributed by atoms with Gasteiger partial charge in [-0.3, -0.25) is 9.59 Å². The highest BCUT2D eigenvalue weighted by atomic mass is 16.5. The normalized spacial score (nSPS) is 10.6. The van der Waals surface area contributed by atoms with Crippen LogP contribution in [0.25, 0.3) is 6.08 Å². The van der Waals surface area contributed by atoms with E-state index in [0.717, 1.165) is 0 Å². The van der Waals surface area contributed by atoms with Crippen molar-refractivity contribution in [2.24, 2.45) is 0 Å². The molecular weight excluding hydrogens is 322 g/mol. The van der Waals surface area contributed by atoms with Crippen molar-refractivity contribution >= 4 is 23.6 Å². The van der Waals surface area contributed by atoms with Crippen molar-refractivity contribution < 1.29 is 23.5 Å². The third-order valence-corrected chi connectivity index (χ3v) is 3.33. The Morgan fingerprint density at radius 2 is 2.00 bits per heavy atom. The number of anilines is 1. The Morgan fingerprint density at radius 1 is 1.20 bits per heavy atom. The Bertz CT molecular complexity index is 748. The van der Waals surface area contributed by atoms with Gasteiger partial charge in [-0.1, -0.05) is 12.1 Å². The zero-order valence-electron chi connectivity index (χ0n) is 14.3. The average Bonchev–Trinajstić information content (AvgIpc) is 3.08. The van der Waals surface area contributed by atoms with Crippen LogP contribution in [0.5, 0.6) is 5.75 Å². The first-order valence-electron chi connectivity index (χ1n) is 7.98. The van der Waals surface area contributed by atoms with Crippen LogP contribution in [-0.2, 0) is 20.7 Å². The molecule has 1 aromatic carbocycles. The molecule has 0 aliphatic heterocycles. The Kier molecular flexibility index (Phi) is 6.83. The molecule has 2 rings (SSSR count). The lowest BCUT2D eigenvalue weighted by Gasteiger charge is -2.09. The van der Waals surface area contributed by atoms with Crippen molar-refractivity contribution in [2.45, 2.75) is 19.8 Å². The van der Waals surface area contributed by atoms with Crippen molar-refractivity contribution in [2.75, 3.05) is 19.0 Å². The highest BCUT2D eigenvalue weighted by molar-refractivity contribution is 6.02. The number of rotatable bonds is 8. The minimum absolute atomic E-state index is 0.252. The molecule has 132 valence electrons. The second-order valence-corrected chi connectivity index (χ2v) is 5.13. The minimum Gasteiger partial charge on any atom is -0.492 e. The van der Waals surface area contributed by atoms with Crippen molar-refractivity contribution in [3.8, 4) is 5.75 Å². The molecule has 2 aromatic rings. The van der Waals surface area contributed by atoms with Gasteiger partial charge in [-0.25, -0.2) is 0 Å². The predicted molar refractivity (Wildman–Crippen MR) is 94.3 cm³/mol. The summed E-state index contributed by atoms with van der Waals surface area (Å²) in [6, 6.07) is 10.7. The van der Waals surface area contributed by atoms with Crippen LogP contribution < -0.4 is 10.1 Å². The number of ether oxygens (including phenoxy) is 2. The topological polar surface area (TPSA) is 77.8 Å². The fraction of sp³-hybridized carbons (Fsp3) is 0.263. The van der Waals surface area contributed by atoms with Gasteiger partial charge < -0.3 is 19.2 Å². The van der Waals surface area contributed by atoms with Crippen LogP contribution in [-0.4, -0.2) is 25.6 Å². The molecule has 0 spiro atoms. The van der Waals surface area contributed by atoms with Gasteiger partial charge in [0.1, 0.15) is 17.3 Å². The standard InChI is InChI=1S/C19H21NO5/c1-3-24-17-7-5-4-6-16(17)20-18(21)12-10-14-8-9-15(25-14)11-13-19(22)23-2/h4-10,12H,3,11,13H2,1-2H3,(H,20,21)/b12-10+. The fourth-order valence-corrected chi connectivity index (χ4v) is 2.13. The maximum Gasteiger partial charge on any atom is 0.305 e. The number of nitrogens with one attached hydrogen (secondary N) is 1. The van der Waals surface area contributed by atoms with Gasteiger partial charge in [-0.2, -0.15) is 0 Å². The highest BCUT2D eigenvalue weighted by Crippen LogP contribution is 2.23. The number of carbonyl (C=O) groups excluding carboxylic acids is 2. The molecule has 0 radical (unpaired) electrons. The second-order valence-electron chi connectivity index (χ2n) is 5.13. The maximum absolute atomic E-state index is 12.0. The van der Waals surface area contributed by atoms with Crippen LogP contribution >= 0.6 is 0 Å². The van der Waals surface area contributed by atoms with Crippen LogP contribution in [0.3, 0.4) is 0 Å². The third kappa shape index (κ3) is 5.84. The Labute approximate surface area is 146 Å². The van der Waals surface area contributed by atoms with Gasteiger partial charge >= 0.3 is 5.97 Å². The predicted octanol–water partition coefficient (Wildman–Crippen LogP) is 3.44. The van der Waals surface area contributed by atoms with Crippen LogP contribution in [0.4, 0.5) is 5.69 Å². The molecule has 1 amide bonds. The van der Waals surface area contributed by atoms with E-state index >= 15 is 0 Å². The Hall–Kier alpha value is -3.02. The molecule has 6 heteroatoms. The summed E-state index contributed by atoms with van der Waals surface area (Å²) in [6.07, 6.45) is 3.65. The van der Waals surface area contributed by atoms with E-state index in [1.165, 1.54) is 13.2 Å². The Balaban J connectivity index is 1.92. The molecule has 0 bridgehead atoms. The van der Waals surface area contributed by atoms with Gasteiger partial charge in [-0.15, -0.1) is 0 Å². The number of carbonyl (C=O) groups is 2. The summed E-state index contributed by atoms with van der Waals surface area (Å²) < 4.78 is 15.6. The van der Waals surface area contributed by atoms with Crippen molar-refractivity contribution in [3.63, 3.8) is 0 Å². The number of hydrogen-bond acceptors (Lipinski definition) is 5. The van der Waals surface area contributed by atoms with E-state index in [0.29, 0.717) is 36.0 Å². The number of furan rings is 1. The number of amides is 1. The average molecular weight is 343 g/mol.